The maximum atomic E-state index is 4.45. The summed E-state index contributed by atoms with van der Waals surface area (Å²) in [7, 11) is 0. The molecule has 0 bridgehead atoms. The summed E-state index contributed by atoms with van der Waals surface area (Å²) >= 11 is 0. The molecule has 1 unspecified atom stereocenters. The second-order valence-electron chi connectivity index (χ2n) is 7.37. The topological polar surface area (TPSA) is 25.8 Å². The van der Waals surface area contributed by atoms with Gasteiger partial charge in [0.25, 0.3) is 0 Å². The molecule has 0 aliphatic rings. The summed E-state index contributed by atoms with van der Waals surface area (Å²) in [6.07, 6.45) is 3.67. The summed E-state index contributed by atoms with van der Waals surface area (Å²) in [6.45, 7) is 2.23. The Kier molecular flexibility index (Phi) is 9.26. The molecule has 3 heteroatoms. The maximum Gasteiger partial charge on any atom is 0.0163 e. The van der Waals surface area contributed by atoms with Crippen molar-refractivity contribution in [2.24, 2.45) is 0 Å². The first kappa shape index (κ1) is 24.3. The van der Waals surface area contributed by atoms with Crippen LogP contribution in [0, 0.1) is 12.1 Å². The van der Waals surface area contributed by atoms with Crippen molar-refractivity contribution >= 4 is 0 Å². The number of hydrogen-bond acceptors (Lipinski definition) is 2. The van der Waals surface area contributed by atoms with Gasteiger partial charge in [0, 0.05) is 38.4 Å². The molecular weight excluding hydrogens is 581 g/mol. The molecule has 0 saturated carbocycles. The summed E-state index contributed by atoms with van der Waals surface area (Å²) in [5.74, 6) is 0.363. The third kappa shape index (κ3) is 6.79. The van der Waals surface area contributed by atoms with E-state index in [1.54, 1.807) is 6.20 Å². The van der Waals surface area contributed by atoms with Gasteiger partial charge in [-0.25, -0.2) is 0 Å². The second kappa shape index (κ2) is 12.6. The molecule has 0 fully saturated rings. The average molecular weight is 605 g/mol. The van der Waals surface area contributed by atoms with E-state index in [1.807, 2.05) is 79.0 Å². The van der Waals surface area contributed by atoms with E-state index in [4.69, 9.17) is 0 Å². The average Bonchev–Trinajstić information content (AvgIpc) is 2.91. The van der Waals surface area contributed by atoms with Gasteiger partial charge in [-0.15, -0.1) is 71.8 Å². The molecule has 0 aliphatic heterocycles. The zero-order valence-corrected chi connectivity index (χ0v) is 20.7. The quantitative estimate of drug-likeness (QED) is 0.202. The summed E-state index contributed by atoms with van der Waals surface area (Å²) < 4.78 is 0. The van der Waals surface area contributed by atoms with Crippen molar-refractivity contribution in [2.45, 2.75) is 12.8 Å². The minimum atomic E-state index is 0. The summed E-state index contributed by atoms with van der Waals surface area (Å²) in [4.78, 5) is 8.67. The summed E-state index contributed by atoms with van der Waals surface area (Å²) in [6, 6.07) is 42.8. The van der Waals surface area contributed by atoms with Gasteiger partial charge in [-0.05, 0) is 34.6 Å². The minimum absolute atomic E-state index is 0. The molecule has 1 radical (unpaired) electrons. The smallest absolute Gasteiger partial charge is 0.0163 e. The molecule has 2 aromatic heterocycles. The van der Waals surface area contributed by atoms with Gasteiger partial charge < -0.3 is 9.97 Å². The zero-order valence-electron chi connectivity index (χ0n) is 18.4. The molecule has 0 saturated heterocycles. The van der Waals surface area contributed by atoms with E-state index < -0.39 is 0 Å². The largest absolute Gasteiger partial charge is 0.305 e. The number of rotatable bonds is 4. The number of pyridine rings is 2. The first-order valence-corrected chi connectivity index (χ1v) is 10.7. The van der Waals surface area contributed by atoms with Crippen molar-refractivity contribution in [3.8, 4) is 22.5 Å². The van der Waals surface area contributed by atoms with Crippen LogP contribution in [0.3, 0.4) is 0 Å². The third-order valence-electron chi connectivity index (χ3n) is 5.22. The number of benzene rings is 3. The van der Waals surface area contributed by atoms with E-state index in [2.05, 4.69) is 65.4 Å². The van der Waals surface area contributed by atoms with Gasteiger partial charge in [0.2, 0.25) is 0 Å². The molecular formula is C30H24IrN2-2. The van der Waals surface area contributed by atoms with Crippen LogP contribution in [0.15, 0.2) is 122 Å². The molecule has 2 heterocycles. The predicted molar refractivity (Wildman–Crippen MR) is 131 cm³/mol. The molecule has 0 spiro atoms. The van der Waals surface area contributed by atoms with Crippen LogP contribution < -0.4 is 0 Å². The van der Waals surface area contributed by atoms with Crippen LogP contribution in [-0.4, -0.2) is 9.97 Å². The standard InChI is InChI=1S/C19H16N.C11H8N.Ir/c1-15(16-8-4-2-5-9-16)18-12-13-20-19(14-18)17-10-6-3-7-11-17;1-2-6-10(7-3-1)11-8-4-5-9-12-11;/h2-10,12-15H,1H3;1-6,8-9H;/q2*-1;. The van der Waals surface area contributed by atoms with E-state index in [-0.39, 0.29) is 20.1 Å². The van der Waals surface area contributed by atoms with E-state index in [0.29, 0.717) is 5.92 Å². The Labute approximate surface area is 209 Å². The molecule has 5 rings (SSSR count). The van der Waals surface area contributed by atoms with Crippen LogP contribution in [0.4, 0.5) is 0 Å². The molecule has 1 atom stereocenters. The van der Waals surface area contributed by atoms with E-state index in [0.717, 1.165) is 22.5 Å². The Balaban J connectivity index is 0.000000202. The normalized spacial score (nSPS) is 10.8. The van der Waals surface area contributed by atoms with Gasteiger partial charge in [0.15, 0.2) is 0 Å². The van der Waals surface area contributed by atoms with Crippen molar-refractivity contribution < 1.29 is 20.1 Å². The molecule has 0 amide bonds. The predicted octanol–water partition coefficient (Wildman–Crippen LogP) is 7.25. The molecule has 33 heavy (non-hydrogen) atoms. The van der Waals surface area contributed by atoms with Gasteiger partial charge in [0.1, 0.15) is 0 Å². The molecule has 165 valence electrons. The van der Waals surface area contributed by atoms with Gasteiger partial charge in [-0.3, -0.25) is 0 Å². The fraction of sp³-hybridized carbons (Fsp3) is 0.0667. The Morgan fingerprint density at radius 2 is 1.18 bits per heavy atom. The Hall–Kier alpha value is -3.39. The third-order valence-corrected chi connectivity index (χ3v) is 5.22. The van der Waals surface area contributed by atoms with Gasteiger partial charge in [0.05, 0.1) is 0 Å². The monoisotopic (exact) mass is 605 g/mol. The summed E-state index contributed by atoms with van der Waals surface area (Å²) in [5.41, 5.74) is 6.62. The van der Waals surface area contributed by atoms with Gasteiger partial charge in [-0.1, -0.05) is 55.5 Å². The zero-order chi connectivity index (χ0) is 22.0. The Bertz CT molecular complexity index is 1170. The van der Waals surface area contributed by atoms with Crippen molar-refractivity contribution in [3.63, 3.8) is 0 Å². The van der Waals surface area contributed by atoms with E-state index in [9.17, 15) is 0 Å². The molecule has 3 aromatic carbocycles. The first-order valence-electron chi connectivity index (χ1n) is 10.7. The van der Waals surface area contributed by atoms with E-state index >= 15 is 0 Å². The maximum absolute atomic E-state index is 4.45. The fourth-order valence-electron chi connectivity index (χ4n) is 3.43. The van der Waals surface area contributed by atoms with Crippen LogP contribution in [0.1, 0.15) is 24.0 Å². The van der Waals surface area contributed by atoms with Crippen LogP contribution in [0.2, 0.25) is 0 Å². The minimum Gasteiger partial charge on any atom is -0.305 e. The molecule has 5 aromatic rings. The Morgan fingerprint density at radius 1 is 0.576 bits per heavy atom. The number of hydrogen-bond donors (Lipinski definition) is 0. The van der Waals surface area contributed by atoms with E-state index in [1.165, 1.54) is 11.1 Å². The SMILES string of the molecule is CC(c1ccccc1)c1ccnc(-c2[c-]cccc2)c1.[Ir].[c-]1ccccc1-c1ccccn1. The van der Waals surface area contributed by atoms with Gasteiger partial charge >= 0.3 is 0 Å². The van der Waals surface area contributed by atoms with Crippen LogP contribution in [0.5, 0.6) is 0 Å². The Morgan fingerprint density at radius 3 is 1.79 bits per heavy atom. The first-order chi connectivity index (χ1) is 15.8. The van der Waals surface area contributed by atoms with Crippen molar-refractivity contribution in [1.82, 2.24) is 9.97 Å². The van der Waals surface area contributed by atoms with Crippen molar-refractivity contribution in [1.29, 1.82) is 0 Å². The fourth-order valence-corrected chi connectivity index (χ4v) is 3.43. The van der Waals surface area contributed by atoms with Crippen LogP contribution >= 0.6 is 0 Å². The van der Waals surface area contributed by atoms with Gasteiger partial charge in [-0.2, -0.15) is 0 Å². The summed E-state index contributed by atoms with van der Waals surface area (Å²) in [5, 5.41) is 0. The molecule has 0 aliphatic carbocycles. The van der Waals surface area contributed by atoms with Crippen LogP contribution in [-0.2, 0) is 20.1 Å². The number of nitrogens with zero attached hydrogens (tertiary/aromatic N) is 2. The molecule has 0 N–H and O–H groups in total. The number of aromatic nitrogens is 2. The van der Waals surface area contributed by atoms with Crippen molar-refractivity contribution in [2.75, 3.05) is 0 Å². The van der Waals surface area contributed by atoms with Crippen LogP contribution in [0.25, 0.3) is 22.5 Å². The molecule has 2 nitrogen and oxygen atoms in total. The second-order valence-corrected chi connectivity index (χ2v) is 7.37. The van der Waals surface area contributed by atoms with Crippen molar-refractivity contribution in [3.05, 3.63) is 145 Å².